The Bertz CT molecular complexity index is 671. The minimum Gasteiger partial charge on any atom is -0.307 e. The van der Waals surface area contributed by atoms with Crippen molar-refractivity contribution in [2.45, 2.75) is 6.92 Å². The fourth-order valence-corrected chi connectivity index (χ4v) is 1.87. The number of hydrogen-bond donors (Lipinski definition) is 1. The first-order chi connectivity index (χ1) is 9.47. The second-order valence-corrected chi connectivity index (χ2v) is 4.99. The zero-order chi connectivity index (χ0) is 14.7. The van der Waals surface area contributed by atoms with Crippen molar-refractivity contribution in [2.75, 3.05) is 5.32 Å². The van der Waals surface area contributed by atoms with Gasteiger partial charge in [0, 0.05) is 27.9 Å². The lowest BCUT2D eigenvalue weighted by atomic mass is 10.1. The second kappa shape index (κ2) is 5.79. The summed E-state index contributed by atoms with van der Waals surface area (Å²) in [5.74, 6) is 0.0482. The highest BCUT2D eigenvalue weighted by molar-refractivity contribution is 9.10. The number of amides is 1. The van der Waals surface area contributed by atoms with E-state index >= 15 is 0 Å². The molecule has 0 aliphatic rings. The quantitative estimate of drug-likeness (QED) is 0.688. The maximum atomic E-state index is 12.0. The lowest BCUT2D eigenvalue weighted by molar-refractivity contribution is -0.385. The highest BCUT2D eigenvalue weighted by Crippen LogP contribution is 2.19. The van der Waals surface area contributed by atoms with Gasteiger partial charge >= 0.3 is 0 Å². The van der Waals surface area contributed by atoms with E-state index in [1.807, 2.05) is 0 Å². The molecule has 7 heteroatoms. The lowest BCUT2D eigenvalue weighted by Gasteiger charge is -2.05. The summed E-state index contributed by atoms with van der Waals surface area (Å²) in [7, 11) is 0. The van der Waals surface area contributed by atoms with Crippen molar-refractivity contribution >= 4 is 33.3 Å². The molecule has 6 nitrogen and oxygen atoms in total. The Morgan fingerprint density at radius 1 is 1.35 bits per heavy atom. The second-order valence-electron chi connectivity index (χ2n) is 4.07. The van der Waals surface area contributed by atoms with E-state index in [-0.39, 0.29) is 11.6 Å². The fourth-order valence-electron chi connectivity index (χ4n) is 1.64. The van der Waals surface area contributed by atoms with Gasteiger partial charge in [0.15, 0.2) is 0 Å². The maximum absolute atomic E-state index is 12.0. The number of anilines is 1. The molecule has 0 bridgehead atoms. The van der Waals surface area contributed by atoms with Gasteiger partial charge < -0.3 is 5.32 Å². The van der Waals surface area contributed by atoms with Crippen molar-refractivity contribution in [3.8, 4) is 0 Å². The minimum atomic E-state index is -0.479. The number of nitro groups is 1. The summed E-state index contributed by atoms with van der Waals surface area (Å²) in [5, 5.41) is 13.3. The van der Waals surface area contributed by atoms with Crippen LogP contribution in [-0.4, -0.2) is 15.8 Å². The monoisotopic (exact) mass is 335 g/mol. The van der Waals surface area contributed by atoms with Crippen LogP contribution in [0.4, 0.5) is 11.5 Å². The number of carbonyl (C=O) groups excluding carboxylic acids is 1. The molecule has 1 aromatic heterocycles. The summed E-state index contributed by atoms with van der Waals surface area (Å²) in [5.41, 5.74) is 0.771. The molecule has 0 spiro atoms. The van der Waals surface area contributed by atoms with Crippen LogP contribution in [0.3, 0.4) is 0 Å². The van der Waals surface area contributed by atoms with Gasteiger partial charge in [-0.3, -0.25) is 14.9 Å². The predicted molar refractivity (Wildman–Crippen MR) is 77.7 cm³/mol. The van der Waals surface area contributed by atoms with Gasteiger partial charge in [0.1, 0.15) is 5.82 Å². The fraction of sp³-hybridized carbons (Fsp3) is 0.0769. The van der Waals surface area contributed by atoms with Gasteiger partial charge in [0.05, 0.1) is 4.92 Å². The molecule has 0 aliphatic carbocycles. The van der Waals surface area contributed by atoms with E-state index in [1.54, 1.807) is 25.3 Å². The molecule has 20 heavy (non-hydrogen) atoms. The number of halogens is 1. The number of aromatic nitrogens is 1. The van der Waals surface area contributed by atoms with E-state index in [9.17, 15) is 14.9 Å². The van der Waals surface area contributed by atoms with Gasteiger partial charge in [-0.25, -0.2) is 4.98 Å². The molecule has 1 N–H and O–H groups in total. The van der Waals surface area contributed by atoms with Crippen molar-refractivity contribution in [3.05, 3.63) is 62.2 Å². The molecule has 0 saturated carbocycles. The molecule has 1 amide bonds. The van der Waals surface area contributed by atoms with Crippen molar-refractivity contribution in [2.24, 2.45) is 0 Å². The number of pyridine rings is 1. The van der Waals surface area contributed by atoms with Gasteiger partial charge in [-0.15, -0.1) is 0 Å². The summed E-state index contributed by atoms with van der Waals surface area (Å²) >= 11 is 3.25. The summed E-state index contributed by atoms with van der Waals surface area (Å²) < 4.78 is 0.807. The highest BCUT2D eigenvalue weighted by atomic mass is 79.9. The van der Waals surface area contributed by atoms with Crippen LogP contribution in [0, 0.1) is 17.0 Å². The molecular formula is C13H10BrN3O3. The molecule has 102 valence electrons. The van der Waals surface area contributed by atoms with Gasteiger partial charge in [0.25, 0.3) is 11.6 Å². The highest BCUT2D eigenvalue weighted by Gasteiger charge is 2.14. The predicted octanol–water partition coefficient (Wildman–Crippen LogP) is 3.31. The van der Waals surface area contributed by atoms with E-state index in [1.165, 1.54) is 18.2 Å². The SMILES string of the molecule is Cc1cc(C(=O)Nc2ccc(Br)cn2)ccc1[N+](=O)[O-]. The molecule has 2 rings (SSSR count). The van der Waals surface area contributed by atoms with Crippen molar-refractivity contribution in [1.29, 1.82) is 0 Å². The molecule has 1 aromatic carbocycles. The van der Waals surface area contributed by atoms with E-state index < -0.39 is 4.92 Å². The summed E-state index contributed by atoms with van der Waals surface area (Å²) in [6.45, 7) is 1.59. The molecule has 0 saturated heterocycles. The topological polar surface area (TPSA) is 85.1 Å². The third kappa shape index (κ3) is 3.18. The van der Waals surface area contributed by atoms with Crippen LogP contribution >= 0.6 is 15.9 Å². The third-order valence-corrected chi connectivity index (χ3v) is 3.09. The van der Waals surface area contributed by atoms with E-state index in [2.05, 4.69) is 26.2 Å². The number of nitro benzene ring substituents is 1. The molecule has 0 fully saturated rings. The number of rotatable bonds is 3. The van der Waals surface area contributed by atoms with Crippen LogP contribution in [0.2, 0.25) is 0 Å². The zero-order valence-electron chi connectivity index (χ0n) is 10.5. The first-order valence-corrected chi connectivity index (χ1v) is 6.44. The average molecular weight is 336 g/mol. The Kier molecular flexibility index (Phi) is 4.09. The lowest BCUT2D eigenvalue weighted by Crippen LogP contribution is -2.13. The van der Waals surface area contributed by atoms with E-state index in [4.69, 9.17) is 0 Å². The number of aryl methyl sites for hydroxylation is 1. The molecule has 0 unspecified atom stereocenters. The Morgan fingerprint density at radius 2 is 2.10 bits per heavy atom. The number of carbonyl (C=O) groups is 1. The molecular weight excluding hydrogens is 326 g/mol. The van der Waals surface area contributed by atoms with Crippen molar-refractivity contribution < 1.29 is 9.72 Å². The van der Waals surface area contributed by atoms with Crippen LogP contribution in [0.25, 0.3) is 0 Å². The van der Waals surface area contributed by atoms with Crippen LogP contribution in [0.15, 0.2) is 41.0 Å². The zero-order valence-corrected chi connectivity index (χ0v) is 12.0. The number of nitrogens with one attached hydrogen (secondary N) is 1. The van der Waals surface area contributed by atoms with Crippen LogP contribution in [-0.2, 0) is 0 Å². The maximum Gasteiger partial charge on any atom is 0.272 e. The number of nitrogens with zero attached hydrogens (tertiary/aromatic N) is 2. The van der Waals surface area contributed by atoms with E-state index in [0.717, 1.165) is 4.47 Å². The van der Waals surface area contributed by atoms with Gasteiger partial charge in [-0.1, -0.05) is 0 Å². The average Bonchev–Trinajstić information content (AvgIpc) is 2.40. The van der Waals surface area contributed by atoms with Crippen LogP contribution < -0.4 is 5.32 Å². The van der Waals surface area contributed by atoms with E-state index in [0.29, 0.717) is 16.9 Å². The molecule has 1 heterocycles. The number of hydrogen-bond acceptors (Lipinski definition) is 4. The standard InChI is InChI=1S/C13H10BrN3O3/c1-8-6-9(2-4-11(8)17(19)20)13(18)16-12-5-3-10(14)7-15-12/h2-7H,1H3,(H,15,16,18). The first-order valence-electron chi connectivity index (χ1n) is 5.65. The van der Waals surface area contributed by atoms with Crippen LogP contribution in [0.1, 0.15) is 15.9 Å². The molecule has 0 aliphatic heterocycles. The largest absolute Gasteiger partial charge is 0.307 e. The van der Waals surface area contributed by atoms with Crippen molar-refractivity contribution in [3.63, 3.8) is 0 Å². The Morgan fingerprint density at radius 3 is 2.65 bits per heavy atom. The molecule has 2 aromatic rings. The number of benzene rings is 1. The molecule has 0 radical (unpaired) electrons. The van der Waals surface area contributed by atoms with Crippen molar-refractivity contribution in [1.82, 2.24) is 4.98 Å². The van der Waals surface area contributed by atoms with Gasteiger partial charge in [-0.2, -0.15) is 0 Å². The third-order valence-electron chi connectivity index (χ3n) is 2.62. The smallest absolute Gasteiger partial charge is 0.272 e. The van der Waals surface area contributed by atoms with Gasteiger partial charge in [0.2, 0.25) is 0 Å². The first kappa shape index (κ1) is 14.1. The normalized spacial score (nSPS) is 10.1. The van der Waals surface area contributed by atoms with Crippen LogP contribution in [0.5, 0.6) is 0 Å². The minimum absolute atomic E-state index is 0.0108. The summed E-state index contributed by atoms with van der Waals surface area (Å²) in [6.07, 6.45) is 1.57. The Labute approximate surface area is 123 Å². The Balaban J connectivity index is 2.19. The summed E-state index contributed by atoms with van der Waals surface area (Å²) in [4.78, 5) is 26.3. The molecule has 0 atom stereocenters. The summed E-state index contributed by atoms with van der Waals surface area (Å²) in [6, 6.07) is 7.62. The van der Waals surface area contributed by atoms with Gasteiger partial charge in [-0.05, 0) is 47.1 Å². The Hall–Kier alpha value is -2.28.